The minimum atomic E-state index is 0.645. The monoisotopic (exact) mass is 287 g/mol. The summed E-state index contributed by atoms with van der Waals surface area (Å²) in [6.07, 6.45) is 0. The molecule has 0 atom stereocenters. The van der Waals surface area contributed by atoms with Crippen molar-refractivity contribution in [3.63, 3.8) is 0 Å². The third-order valence-corrected chi connectivity index (χ3v) is 4.17. The van der Waals surface area contributed by atoms with Crippen molar-refractivity contribution in [2.75, 3.05) is 34.9 Å². The fourth-order valence-corrected chi connectivity index (χ4v) is 3.08. The predicted octanol–water partition coefficient (Wildman–Crippen LogP) is 1.98. The predicted molar refractivity (Wildman–Crippen MR) is 84.8 cm³/mol. The number of hydrogen-bond donors (Lipinski definition) is 2. The van der Waals surface area contributed by atoms with Crippen LogP contribution in [0, 0.1) is 0 Å². The molecule has 5 nitrogen and oxygen atoms in total. The molecule has 2 aromatic rings. The lowest BCUT2D eigenvalue weighted by molar-refractivity contribution is 0.836. The number of nitrogens with two attached hydrogens (primary N) is 1. The van der Waals surface area contributed by atoms with Gasteiger partial charge in [0.15, 0.2) is 5.82 Å². The largest absolute Gasteiger partial charge is 0.355 e. The van der Waals surface area contributed by atoms with Gasteiger partial charge in [0.05, 0.1) is 0 Å². The quantitative estimate of drug-likeness (QED) is 0.665. The number of hydrazine groups is 1. The molecule has 0 spiro atoms. The first-order valence-electron chi connectivity index (χ1n) is 6.60. The van der Waals surface area contributed by atoms with Crippen LogP contribution in [0.25, 0.3) is 11.4 Å². The van der Waals surface area contributed by atoms with Gasteiger partial charge in [-0.05, 0) is 0 Å². The van der Waals surface area contributed by atoms with E-state index in [9.17, 15) is 0 Å². The highest BCUT2D eigenvalue weighted by atomic mass is 32.2. The van der Waals surface area contributed by atoms with Crippen molar-refractivity contribution >= 4 is 23.4 Å². The molecule has 0 unspecified atom stereocenters. The third kappa shape index (κ3) is 2.86. The summed E-state index contributed by atoms with van der Waals surface area (Å²) in [5, 5.41) is 0. The molecule has 0 aliphatic carbocycles. The average Bonchev–Trinajstić information content (AvgIpc) is 2.56. The Morgan fingerprint density at radius 2 is 1.85 bits per heavy atom. The fourth-order valence-electron chi connectivity index (χ4n) is 2.18. The zero-order chi connectivity index (χ0) is 13.8. The van der Waals surface area contributed by atoms with Crippen LogP contribution in [0.3, 0.4) is 0 Å². The highest BCUT2D eigenvalue weighted by molar-refractivity contribution is 7.99. The second kappa shape index (κ2) is 6.11. The number of benzene rings is 1. The number of rotatable bonds is 3. The summed E-state index contributed by atoms with van der Waals surface area (Å²) >= 11 is 1.98. The van der Waals surface area contributed by atoms with Gasteiger partial charge in [-0.15, -0.1) is 0 Å². The summed E-state index contributed by atoms with van der Waals surface area (Å²) < 4.78 is 0. The Morgan fingerprint density at radius 1 is 1.10 bits per heavy atom. The molecule has 2 heterocycles. The van der Waals surface area contributed by atoms with Gasteiger partial charge in [0.2, 0.25) is 0 Å². The van der Waals surface area contributed by atoms with E-state index in [1.807, 2.05) is 48.2 Å². The number of aromatic nitrogens is 2. The molecule has 6 heteroatoms. The maximum atomic E-state index is 5.53. The van der Waals surface area contributed by atoms with Gasteiger partial charge in [-0.25, -0.2) is 15.8 Å². The maximum Gasteiger partial charge on any atom is 0.163 e. The van der Waals surface area contributed by atoms with Crippen molar-refractivity contribution in [1.29, 1.82) is 0 Å². The fraction of sp³-hybridized carbons (Fsp3) is 0.286. The van der Waals surface area contributed by atoms with Crippen molar-refractivity contribution in [3.8, 4) is 11.4 Å². The van der Waals surface area contributed by atoms with E-state index >= 15 is 0 Å². The van der Waals surface area contributed by atoms with Gasteiger partial charge in [0, 0.05) is 36.2 Å². The smallest absolute Gasteiger partial charge is 0.163 e. The van der Waals surface area contributed by atoms with E-state index in [-0.39, 0.29) is 0 Å². The van der Waals surface area contributed by atoms with E-state index in [0.717, 1.165) is 36.0 Å². The number of nitrogens with one attached hydrogen (secondary N) is 1. The van der Waals surface area contributed by atoms with E-state index in [4.69, 9.17) is 5.84 Å². The summed E-state index contributed by atoms with van der Waals surface area (Å²) in [5.74, 6) is 10.1. The van der Waals surface area contributed by atoms with Gasteiger partial charge >= 0.3 is 0 Å². The zero-order valence-electron chi connectivity index (χ0n) is 11.1. The van der Waals surface area contributed by atoms with Crippen LogP contribution in [0.15, 0.2) is 36.4 Å². The molecule has 1 aliphatic heterocycles. The minimum Gasteiger partial charge on any atom is -0.355 e. The molecular weight excluding hydrogens is 270 g/mol. The second-order valence-electron chi connectivity index (χ2n) is 4.54. The molecule has 3 rings (SSSR count). The molecule has 1 fully saturated rings. The molecular formula is C14H17N5S. The van der Waals surface area contributed by atoms with Crippen molar-refractivity contribution in [2.45, 2.75) is 0 Å². The van der Waals surface area contributed by atoms with Gasteiger partial charge < -0.3 is 10.3 Å². The van der Waals surface area contributed by atoms with Gasteiger partial charge in [-0.3, -0.25) is 0 Å². The Kier molecular flexibility index (Phi) is 4.03. The molecule has 20 heavy (non-hydrogen) atoms. The number of thioether (sulfide) groups is 1. The highest BCUT2D eigenvalue weighted by Gasteiger charge is 2.15. The van der Waals surface area contributed by atoms with Gasteiger partial charge in [-0.1, -0.05) is 30.3 Å². The van der Waals surface area contributed by atoms with Crippen molar-refractivity contribution in [2.24, 2.45) is 5.84 Å². The first-order chi connectivity index (χ1) is 9.86. The molecule has 0 bridgehead atoms. The van der Waals surface area contributed by atoms with Crippen LogP contribution in [0.5, 0.6) is 0 Å². The average molecular weight is 287 g/mol. The molecule has 1 saturated heterocycles. The highest BCUT2D eigenvalue weighted by Crippen LogP contribution is 2.23. The number of anilines is 2. The van der Waals surface area contributed by atoms with Crippen molar-refractivity contribution < 1.29 is 0 Å². The SMILES string of the molecule is NNc1cc(N2CCSCC2)nc(-c2ccccc2)n1. The van der Waals surface area contributed by atoms with Gasteiger partial charge in [0.1, 0.15) is 11.6 Å². The molecule has 1 aromatic carbocycles. The molecule has 104 valence electrons. The second-order valence-corrected chi connectivity index (χ2v) is 5.77. The Balaban J connectivity index is 1.98. The third-order valence-electron chi connectivity index (χ3n) is 3.23. The molecule has 3 N–H and O–H groups in total. The van der Waals surface area contributed by atoms with Crippen LogP contribution in [-0.2, 0) is 0 Å². The molecule has 0 radical (unpaired) electrons. The van der Waals surface area contributed by atoms with E-state index in [1.54, 1.807) is 0 Å². The summed E-state index contributed by atoms with van der Waals surface area (Å²) in [6, 6.07) is 11.9. The lowest BCUT2D eigenvalue weighted by atomic mass is 10.2. The normalized spacial score (nSPS) is 15.2. The first-order valence-corrected chi connectivity index (χ1v) is 7.76. The van der Waals surface area contributed by atoms with Crippen LogP contribution < -0.4 is 16.2 Å². The minimum absolute atomic E-state index is 0.645. The molecule has 1 aromatic heterocycles. The summed E-state index contributed by atoms with van der Waals surface area (Å²) in [4.78, 5) is 11.4. The van der Waals surface area contributed by atoms with Crippen molar-refractivity contribution in [1.82, 2.24) is 9.97 Å². The number of hydrogen-bond acceptors (Lipinski definition) is 6. The topological polar surface area (TPSA) is 67.1 Å². The van der Waals surface area contributed by atoms with E-state index in [2.05, 4.69) is 20.3 Å². The molecule has 1 aliphatic rings. The van der Waals surface area contributed by atoms with E-state index in [1.165, 1.54) is 0 Å². The Bertz CT molecular complexity index is 569. The Hall–Kier alpha value is -1.79. The lowest BCUT2D eigenvalue weighted by Crippen LogP contribution is -2.33. The lowest BCUT2D eigenvalue weighted by Gasteiger charge is -2.27. The van der Waals surface area contributed by atoms with E-state index in [0.29, 0.717) is 11.6 Å². The van der Waals surface area contributed by atoms with Crippen LogP contribution >= 0.6 is 11.8 Å². The van der Waals surface area contributed by atoms with E-state index < -0.39 is 0 Å². The van der Waals surface area contributed by atoms with Crippen molar-refractivity contribution in [3.05, 3.63) is 36.4 Å². The van der Waals surface area contributed by atoms with Crippen LogP contribution in [0.1, 0.15) is 0 Å². The maximum absolute atomic E-state index is 5.53. The van der Waals surface area contributed by atoms with Gasteiger partial charge in [-0.2, -0.15) is 11.8 Å². The first kappa shape index (κ1) is 13.2. The Labute approximate surface area is 122 Å². The van der Waals surface area contributed by atoms with Gasteiger partial charge in [0.25, 0.3) is 0 Å². The summed E-state index contributed by atoms with van der Waals surface area (Å²) in [6.45, 7) is 2.03. The number of nitrogen functional groups attached to an aromatic ring is 1. The molecule has 0 saturated carbocycles. The summed E-state index contributed by atoms with van der Waals surface area (Å²) in [5.41, 5.74) is 3.63. The van der Waals surface area contributed by atoms with Crippen LogP contribution in [0.2, 0.25) is 0 Å². The zero-order valence-corrected chi connectivity index (χ0v) is 11.9. The Morgan fingerprint density at radius 3 is 2.55 bits per heavy atom. The van der Waals surface area contributed by atoms with Crippen LogP contribution in [0.4, 0.5) is 11.6 Å². The van der Waals surface area contributed by atoms with Crippen LogP contribution in [-0.4, -0.2) is 34.6 Å². The summed E-state index contributed by atoms with van der Waals surface area (Å²) in [7, 11) is 0. The number of nitrogens with zero attached hydrogens (tertiary/aromatic N) is 3. The molecule has 0 amide bonds. The standard InChI is InChI=1S/C14H17N5S/c15-18-12-10-13(19-6-8-20-9-7-19)17-14(16-12)11-4-2-1-3-5-11/h1-5,10H,6-9,15H2,(H,16,17,18).